The largest absolute Gasteiger partial charge is 0.483 e. The molecule has 174 valence electrons. The fraction of sp³-hybridized carbons (Fsp3) is 0.714. The van der Waals surface area contributed by atoms with Crippen LogP contribution in [-0.2, 0) is 25.5 Å². The van der Waals surface area contributed by atoms with Crippen LogP contribution in [0.25, 0.3) is 0 Å². The lowest BCUT2D eigenvalue weighted by atomic mass is 9.97. The molecule has 2 saturated heterocycles. The van der Waals surface area contributed by atoms with E-state index in [0.717, 1.165) is 50.9 Å². The Morgan fingerprint density at radius 2 is 1.94 bits per heavy atom. The summed E-state index contributed by atoms with van der Waals surface area (Å²) in [5, 5.41) is 13.2. The summed E-state index contributed by atoms with van der Waals surface area (Å²) in [5.41, 5.74) is 2.90. The molecule has 2 aliphatic heterocycles. The van der Waals surface area contributed by atoms with Gasteiger partial charge in [0, 0.05) is 56.1 Å². The highest BCUT2D eigenvalue weighted by atomic mass is 32.1. The molecule has 9 nitrogen and oxygen atoms in total. The number of nitrogens with zero attached hydrogens (tertiary/aromatic N) is 2. The number of ether oxygens (including phenoxy) is 1. The molecule has 0 radical (unpaired) electrons. The lowest BCUT2D eigenvalue weighted by Crippen LogP contribution is -2.45. The number of aryl methyl sites for hydroxylation is 1. The third-order valence-corrected chi connectivity index (χ3v) is 6.73. The third-order valence-electron chi connectivity index (χ3n) is 5.73. The summed E-state index contributed by atoms with van der Waals surface area (Å²) in [4.78, 5) is 41.2. The second-order valence-electron chi connectivity index (χ2n) is 8.10. The van der Waals surface area contributed by atoms with Gasteiger partial charge in [-0.15, -0.1) is 11.3 Å². The van der Waals surface area contributed by atoms with Crippen LogP contribution < -0.4 is 10.6 Å². The van der Waals surface area contributed by atoms with Gasteiger partial charge in [-0.1, -0.05) is 0 Å². The van der Waals surface area contributed by atoms with Crippen molar-refractivity contribution in [2.45, 2.75) is 45.1 Å². The van der Waals surface area contributed by atoms with Crippen LogP contribution in [0.2, 0.25) is 0 Å². The fourth-order valence-corrected chi connectivity index (χ4v) is 4.81. The number of nitrogens with one attached hydrogen (secondary N) is 2. The van der Waals surface area contributed by atoms with Crippen molar-refractivity contribution in [3.8, 4) is 0 Å². The third kappa shape index (κ3) is 8.54. The van der Waals surface area contributed by atoms with E-state index in [2.05, 4.69) is 20.5 Å². The van der Waals surface area contributed by atoms with Crippen LogP contribution in [0.3, 0.4) is 0 Å². The van der Waals surface area contributed by atoms with Gasteiger partial charge in [0.1, 0.15) is 0 Å². The standard InChI is InChI=1S/C20H32N4O3S.CH2O2/c1-14-18(28-13-22-14)5-8-21-19(25)16-3-4-17(12-24(2)11-16)23-20(26)15-6-9-27-10-7-15;2-1-3/h13,15-17H,3-12H2,1-2H3,(H,21,25)(H,23,26);1H,(H,2,3)/t16-,17+;/m1./s1. The van der Waals surface area contributed by atoms with Crippen molar-refractivity contribution in [3.05, 3.63) is 16.1 Å². The molecule has 0 bridgehead atoms. The molecule has 0 aliphatic carbocycles. The number of carbonyl (C=O) groups is 3. The van der Waals surface area contributed by atoms with E-state index >= 15 is 0 Å². The van der Waals surface area contributed by atoms with Gasteiger partial charge >= 0.3 is 0 Å². The molecule has 1 aromatic rings. The molecule has 0 spiro atoms. The Labute approximate surface area is 187 Å². The predicted molar refractivity (Wildman–Crippen MR) is 118 cm³/mol. The number of carbonyl (C=O) groups excluding carboxylic acids is 2. The Balaban J connectivity index is 0.00000107. The predicted octanol–water partition coefficient (Wildman–Crippen LogP) is 1.06. The SMILES string of the molecule is Cc1ncsc1CCNC(=O)[C@@H]1CC[C@H](NC(=O)C2CCOCC2)CN(C)C1.O=CO. The van der Waals surface area contributed by atoms with Gasteiger partial charge in [-0.3, -0.25) is 14.4 Å². The summed E-state index contributed by atoms with van der Waals surface area (Å²) in [6.45, 7) is 5.26. The van der Waals surface area contributed by atoms with E-state index in [4.69, 9.17) is 14.6 Å². The highest BCUT2D eigenvalue weighted by Gasteiger charge is 2.29. The van der Waals surface area contributed by atoms with E-state index < -0.39 is 0 Å². The van der Waals surface area contributed by atoms with Crippen molar-refractivity contribution in [3.63, 3.8) is 0 Å². The molecule has 2 amide bonds. The van der Waals surface area contributed by atoms with Crippen molar-refractivity contribution in [2.24, 2.45) is 11.8 Å². The summed E-state index contributed by atoms with van der Waals surface area (Å²) >= 11 is 1.64. The van der Waals surface area contributed by atoms with Gasteiger partial charge in [0.2, 0.25) is 11.8 Å². The van der Waals surface area contributed by atoms with Crippen LogP contribution in [0.5, 0.6) is 0 Å². The first-order chi connectivity index (χ1) is 14.9. The Hall–Kier alpha value is -2.04. The number of rotatable bonds is 6. The Morgan fingerprint density at radius 3 is 2.58 bits per heavy atom. The molecule has 3 N–H and O–H groups in total. The van der Waals surface area contributed by atoms with E-state index in [9.17, 15) is 9.59 Å². The van der Waals surface area contributed by atoms with E-state index in [1.54, 1.807) is 11.3 Å². The molecular weight excluding hydrogens is 420 g/mol. The number of thiazole rings is 1. The van der Waals surface area contributed by atoms with E-state index in [0.29, 0.717) is 19.8 Å². The zero-order valence-corrected chi connectivity index (χ0v) is 19.2. The molecular formula is C21H34N4O5S. The monoisotopic (exact) mass is 454 g/mol. The van der Waals surface area contributed by atoms with E-state index in [-0.39, 0.29) is 36.2 Å². The number of amides is 2. The average Bonchev–Trinajstić information content (AvgIpc) is 3.06. The molecule has 3 rings (SSSR count). The van der Waals surface area contributed by atoms with Gasteiger partial charge in [0.05, 0.1) is 17.1 Å². The zero-order chi connectivity index (χ0) is 22.6. The number of carboxylic acid groups (broad SMARTS) is 1. The maximum atomic E-state index is 12.6. The molecule has 0 unspecified atom stereocenters. The van der Waals surface area contributed by atoms with Crippen molar-refractivity contribution >= 4 is 29.6 Å². The number of aromatic nitrogens is 1. The first-order valence-corrected chi connectivity index (χ1v) is 11.6. The van der Waals surface area contributed by atoms with Crippen LogP contribution >= 0.6 is 11.3 Å². The molecule has 2 fully saturated rings. The minimum absolute atomic E-state index is 0.0301. The molecule has 2 atom stereocenters. The van der Waals surface area contributed by atoms with Gasteiger partial charge in [0.15, 0.2) is 0 Å². The van der Waals surface area contributed by atoms with Crippen molar-refractivity contribution in [2.75, 3.05) is 39.9 Å². The Bertz CT molecular complexity index is 708. The van der Waals surface area contributed by atoms with Crippen LogP contribution in [-0.4, -0.2) is 79.2 Å². The number of hydrogen-bond donors (Lipinski definition) is 3. The van der Waals surface area contributed by atoms with Crippen LogP contribution in [0.4, 0.5) is 0 Å². The first kappa shape index (κ1) is 25.2. The van der Waals surface area contributed by atoms with Gasteiger partial charge in [-0.25, -0.2) is 4.98 Å². The first-order valence-electron chi connectivity index (χ1n) is 10.8. The van der Waals surface area contributed by atoms with Crippen molar-refractivity contribution in [1.82, 2.24) is 20.5 Å². The Kier molecular flexibility index (Phi) is 10.9. The van der Waals surface area contributed by atoms with Crippen LogP contribution in [0, 0.1) is 18.8 Å². The summed E-state index contributed by atoms with van der Waals surface area (Å²) < 4.78 is 5.34. The maximum Gasteiger partial charge on any atom is 0.290 e. The molecule has 0 aromatic carbocycles. The molecule has 31 heavy (non-hydrogen) atoms. The van der Waals surface area contributed by atoms with Gasteiger partial charge in [-0.05, 0) is 39.7 Å². The fourth-order valence-electron chi connectivity index (χ4n) is 4.03. The van der Waals surface area contributed by atoms with Gasteiger partial charge in [0.25, 0.3) is 6.47 Å². The molecule has 1 aromatic heterocycles. The minimum atomic E-state index is -0.250. The Morgan fingerprint density at radius 1 is 1.23 bits per heavy atom. The summed E-state index contributed by atoms with van der Waals surface area (Å²) in [6.07, 6.45) is 4.08. The normalized spacial score (nSPS) is 22.5. The van der Waals surface area contributed by atoms with Gasteiger partial charge in [-0.2, -0.15) is 0 Å². The van der Waals surface area contributed by atoms with Crippen molar-refractivity contribution < 1.29 is 24.2 Å². The zero-order valence-electron chi connectivity index (χ0n) is 18.3. The second kappa shape index (κ2) is 13.4. The molecule has 3 heterocycles. The van der Waals surface area contributed by atoms with Crippen LogP contribution in [0.15, 0.2) is 5.51 Å². The number of likely N-dealkylation sites (tertiary alicyclic amines) is 1. The minimum Gasteiger partial charge on any atom is -0.483 e. The van der Waals surface area contributed by atoms with Crippen molar-refractivity contribution in [1.29, 1.82) is 0 Å². The lowest BCUT2D eigenvalue weighted by molar-refractivity contribution is -0.128. The highest BCUT2D eigenvalue weighted by molar-refractivity contribution is 7.09. The summed E-state index contributed by atoms with van der Waals surface area (Å²) in [7, 11) is 2.03. The second-order valence-corrected chi connectivity index (χ2v) is 9.03. The number of likely N-dealkylation sites (N-methyl/N-ethyl adjacent to an activating group) is 1. The average molecular weight is 455 g/mol. The quantitative estimate of drug-likeness (QED) is 0.550. The number of hydrogen-bond acceptors (Lipinski definition) is 7. The highest BCUT2D eigenvalue weighted by Crippen LogP contribution is 2.19. The smallest absolute Gasteiger partial charge is 0.290 e. The molecule has 0 saturated carbocycles. The van der Waals surface area contributed by atoms with Crippen LogP contribution in [0.1, 0.15) is 36.3 Å². The van der Waals surface area contributed by atoms with E-state index in [1.807, 2.05) is 19.5 Å². The summed E-state index contributed by atoms with van der Waals surface area (Å²) in [6, 6.07) is 0.109. The summed E-state index contributed by atoms with van der Waals surface area (Å²) in [5.74, 6) is 0.295. The molecule has 10 heteroatoms. The van der Waals surface area contributed by atoms with E-state index in [1.165, 1.54) is 4.88 Å². The lowest BCUT2D eigenvalue weighted by Gasteiger charge is -2.26. The molecule has 2 aliphatic rings. The topological polar surface area (TPSA) is 121 Å². The maximum absolute atomic E-state index is 12.6. The van der Waals surface area contributed by atoms with Gasteiger partial charge < -0.3 is 25.4 Å².